The van der Waals surface area contributed by atoms with Crippen LogP contribution in [0, 0.1) is 23.2 Å². The van der Waals surface area contributed by atoms with Crippen molar-refractivity contribution in [3.63, 3.8) is 0 Å². The van der Waals surface area contributed by atoms with Gasteiger partial charge < -0.3 is 4.74 Å². The Morgan fingerprint density at radius 1 is 1.27 bits per heavy atom. The van der Waals surface area contributed by atoms with Gasteiger partial charge in [-0.1, -0.05) is 27.7 Å². The van der Waals surface area contributed by atoms with Crippen molar-refractivity contribution >= 4 is 5.97 Å². The Hall–Kier alpha value is -0.530. The smallest absolute Gasteiger partial charge is 0.308 e. The third-order valence-electron chi connectivity index (χ3n) is 3.90. The summed E-state index contributed by atoms with van der Waals surface area (Å²) >= 11 is 0. The number of carbonyl (C=O) groups excluding carboxylic acids is 1. The third-order valence-corrected chi connectivity index (χ3v) is 3.90. The fourth-order valence-electron chi connectivity index (χ4n) is 2.68. The van der Waals surface area contributed by atoms with E-state index in [1.165, 1.54) is 7.11 Å². The average Bonchev–Trinajstić information content (AvgIpc) is 2.15. The van der Waals surface area contributed by atoms with E-state index >= 15 is 0 Å². The number of hydrogen-bond acceptors (Lipinski definition) is 2. The molecule has 2 heteroatoms. The Balaban J connectivity index is 2.59. The number of carbonyl (C=O) groups is 1. The Morgan fingerprint density at radius 3 is 2.27 bits per heavy atom. The van der Waals surface area contributed by atoms with Gasteiger partial charge in [-0.15, -0.1) is 0 Å². The van der Waals surface area contributed by atoms with Crippen LogP contribution in [0.5, 0.6) is 0 Å². The molecule has 0 amide bonds. The lowest BCUT2D eigenvalue weighted by atomic mass is 9.66. The average molecular weight is 212 g/mol. The molecule has 1 saturated carbocycles. The number of hydrogen-bond donors (Lipinski definition) is 0. The largest absolute Gasteiger partial charge is 0.469 e. The molecule has 0 heterocycles. The molecule has 88 valence electrons. The van der Waals surface area contributed by atoms with Crippen molar-refractivity contribution in [3.8, 4) is 0 Å². The van der Waals surface area contributed by atoms with E-state index < -0.39 is 0 Å². The van der Waals surface area contributed by atoms with Crippen molar-refractivity contribution in [2.45, 2.75) is 47.0 Å². The fourth-order valence-corrected chi connectivity index (χ4v) is 2.68. The monoisotopic (exact) mass is 212 g/mol. The Labute approximate surface area is 93.4 Å². The lowest BCUT2D eigenvalue weighted by molar-refractivity contribution is -0.149. The second kappa shape index (κ2) is 4.54. The maximum absolute atomic E-state index is 11.5. The molecule has 0 saturated heterocycles. The van der Waals surface area contributed by atoms with Gasteiger partial charge in [0.15, 0.2) is 0 Å². The summed E-state index contributed by atoms with van der Waals surface area (Å²) < 4.78 is 4.84. The standard InChI is InChI=1S/C13H24O2/c1-9-8-10(13(2,3)4)6-7-11(9)12(14)15-5/h9-11H,6-8H2,1-5H3/t9-,10+,11+/m0/s1. The van der Waals surface area contributed by atoms with E-state index in [1.807, 2.05) is 0 Å². The van der Waals surface area contributed by atoms with Gasteiger partial charge in [0.05, 0.1) is 13.0 Å². The molecule has 1 fully saturated rings. The van der Waals surface area contributed by atoms with E-state index in [9.17, 15) is 4.79 Å². The fraction of sp³-hybridized carbons (Fsp3) is 0.923. The Bertz CT molecular complexity index is 227. The summed E-state index contributed by atoms with van der Waals surface area (Å²) in [4.78, 5) is 11.5. The van der Waals surface area contributed by atoms with Gasteiger partial charge in [0.2, 0.25) is 0 Å². The van der Waals surface area contributed by atoms with E-state index in [0.717, 1.165) is 25.2 Å². The number of ether oxygens (including phenoxy) is 1. The zero-order valence-corrected chi connectivity index (χ0v) is 10.7. The predicted molar refractivity (Wildman–Crippen MR) is 61.5 cm³/mol. The van der Waals surface area contributed by atoms with Gasteiger partial charge in [0.1, 0.15) is 0 Å². The van der Waals surface area contributed by atoms with E-state index in [1.54, 1.807) is 0 Å². The number of rotatable bonds is 1. The quantitative estimate of drug-likeness (QED) is 0.624. The summed E-state index contributed by atoms with van der Waals surface area (Å²) in [5.74, 6) is 1.33. The van der Waals surface area contributed by atoms with Crippen molar-refractivity contribution in [2.75, 3.05) is 7.11 Å². The molecule has 0 aliphatic heterocycles. The lowest BCUT2D eigenvalue weighted by Gasteiger charge is -2.39. The molecule has 2 nitrogen and oxygen atoms in total. The van der Waals surface area contributed by atoms with Crippen molar-refractivity contribution in [1.29, 1.82) is 0 Å². The highest BCUT2D eigenvalue weighted by molar-refractivity contribution is 5.72. The highest BCUT2D eigenvalue weighted by Gasteiger charge is 2.37. The van der Waals surface area contributed by atoms with Gasteiger partial charge in [-0.2, -0.15) is 0 Å². The van der Waals surface area contributed by atoms with E-state index in [4.69, 9.17) is 4.74 Å². The molecule has 3 atom stereocenters. The van der Waals surface area contributed by atoms with Gasteiger partial charge in [-0.3, -0.25) is 4.79 Å². The molecule has 1 aliphatic carbocycles. The first-order valence-corrected chi connectivity index (χ1v) is 5.94. The van der Waals surface area contributed by atoms with Crippen LogP contribution in [0.1, 0.15) is 47.0 Å². The van der Waals surface area contributed by atoms with Crippen LogP contribution in [-0.4, -0.2) is 13.1 Å². The third kappa shape index (κ3) is 2.96. The second-order valence-corrected chi connectivity index (χ2v) is 5.98. The van der Waals surface area contributed by atoms with Crippen LogP contribution in [0.2, 0.25) is 0 Å². The normalized spacial score (nSPS) is 32.5. The molecule has 0 aromatic carbocycles. The Kier molecular flexibility index (Phi) is 3.80. The van der Waals surface area contributed by atoms with Crippen LogP contribution in [0.4, 0.5) is 0 Å². The zero-order chi connectivity index (χ0) is 11.6. The molecule has 0 N–H and O–H groups in total. The molecule has 0 spiro atoms. The van der Waals surface area contributed by atoms with Crippen molar-refractivity contribution in [2.24, 2.45) is 23.2 Å². The zero-order valence-electron chi connectivity index (χ0n) is 10.7. The molecule has 0 radical (unpaired) electrons. The van der Waals surface area contributed by atoms with Crippen LogP contribution in [-0.2, 0) is 9.53 Å². The van der Waals surface area contributed by atoms with Crippen LogP contribution >= 0.6 is 0 Å². The first-order valence-electron chi connectivity index (χ1n) is 5.94. The van der Waals surface area contributed by atoms with Gasteiger partial charge >= 0.3 is 5.97 Å². The molecule has 15 heavy (non-hydrogen) atoms. The van der Waals surface area contributed by atoms with E-state index in [0.29, 0.717) is 11.3 Å². The van der Waals surface area contributed by atoms with Gasteiger partial charge in [0.25, 0.3) is 0 Å². The van der Waals surface area contributed by atoms with Gasteiger partial charge in [-0.05, 0) is 36.5 Å². The minimum Gasteiger partial charge on any atom is -0.469 e. The maximum Gasteiger partial charge on any atom is 0.308 e. The van der Waals surface area contributed by atoms with E-state index in [2.05, 4.69) is 27.7 Å². The summed E-state index contributed by atoms with van der Waals surface area (Å²) in [6, 6.07) is 0. The van der Waals surface area contributed by atoms with Crippen molar-refractivity contribution < 1.29 is 9.53 Å². The molecular formula is C13H24O2. The number of esters is 1. The van der Waals surface area contributed by atoms with Crippen molar-refractivity contribution in [1.82, 2.24) is 0 Å². The summed E-state index contributed by atoms with van der Waals surface area (Å²) in [5, 5.41) is 0. The Morgan fingerprint density at radius 2 is 1.87 bits per heavy atom. The SMILES string of the molecule is COC(=O)[C@@H]1CC[C@@H](C(C)(C)C)C[C@@H]1C. The molecule has 0 unspecified atom stereocenters. The van der Waals surface area contributed by atoms with Crippen LogP contribution in [0.25, 0.3) is 0 Å². The number of methoxy groups -OCH3 is 1. The molecule has 0 aromatic heterocycles. The molecule has 1 rings (SSSR count). The van der Waals surface area contributed by atoms with Gasteiger partial charge in [0, 0.05) is 0 Å². The van der Waals surface area contributed by atoms with E-state index in [-0.39, 0.29) is 11.9 Å². The molecule has 1 aliphatic rings. The maximum atomic E-state index is 11.5. The topological polar surface area (TPSA) is 26.3 Å². The first kappa shape index (κ1) is 12.5. The summed E-state index contributed by atoms with van der Waals surface area (Å²) in [7, 11) is 1.49. The predicted octanol–water partition coefficient (Wildman–Crippen LogP) is 3.26. The summed E-state index contributed by atoms with van der Waals surface area (Å²) in [6.07, 6.45) is 3.31. The van der Waals surface area contributed by atoms with Crippen LogP contribution < -0.4 is 0 Å². The van der Waals surface area contributed by atoms with Crippen LogP contribution in [0.15, 0.2) is 0 Å². The molecular weight excluding hydrogens is 188 g/mol. The summed E-state index contributed by atoms with van der Waals surface area (Å²) in [5.41, 5.74) is 0.370. The summed E-state index contributed by atoms with van der Waals surface area (Å²) in [6.45, 7) is 9.06. The highest BCUT2D eigenvalue weighted by atomic mass is 16.5. The second-order valence-electron chi connectivity index (χ2n) is 5.98. The van der Waals surface area contributed by atoms with Crippen molar-refractivity contribution in [3.05, 3.63) is 0 Å². The minimum absolute atomic E-state index is 0.0186. The lowest BCUT2D eigenvalue weighted by Crippen LogP contribution is -2.34. The minimum atomic E-state index is -0.0186. The molecule has 0 bridgehead atoms. The molecule has 0 aromatic rings. The van der Waals surface area contributed by atoms with Gasteiger partial charge in [-0.25, -0.2) is 0 Å². The van der Waals surface area contributed by atoms with Crippen LogP contribution in [0.3, 0.4) is 0 Å². The first-order chi connectivity index (χ1) is 6.86. The highest BCUT2D eigenvalue weighted by Crippen LogP contribution is 2.42.